The SMILES string of the molecule is CC(CCC(=O)O)Nc1cc(F)c(Cl)cc1[N+](=O)[O-]. The Morgan fingerprint density at radius 1 is 1.63 bits per heavy atom. The van der Waals surface area contributed by atoms with Gasteiger partial charge in [0.05, 0.1) is 9.95 Å². The summed E-state index contributed by atoms with van der Waals surface area (Å²) in [7, 11) is 0. The van der Waals surface area contributed by atoms with Gasteiger partial charge in [-0.15, -0.1) is 0 Å². The first-order chi connectivity index (χ1) is 8.81. The molecule has 0 saturated heterocycles. The number of nitro benzene ring substituents is 1. The molecule has 0 fully saturated rings. The average Bonchev–Trinajstić information content (AvgIpc) is 2.30. The van der Waals surface area contributed by atoms with Crippen LogP contribution in [0.4, 0.5) is 15.8 Å². The third-order valence-electron chi connectivity index (χ3n) is 2.43. The van der Waals surface area contributed by atoms with Crippen molar-refractivity contribution in [1.29, 1.82) is 0 Å². The smallest absolute Gasteiger partial charge is 0.303 e. The largest absolute Gasteiger partial charge is 0.481 e. The van der Waals surface area contributed by atoms with Crippen LogP contribution in [-0.2, 0) is 4.79 Å². The first-order valence-corrected chi connectivity index (χ1v) is 5.80. The van der Waals surface area contributed by atoms with E-state index in [4.69, 9.17) is 16.7 Å². The van der Waals surface area contributed by atoms with Crippen molar-refractivity contribution in [1.82, 2.24) is 0 Å². The zero-order chi connectivity index (χ0) is 14.6. The lowest BCUT2D eigenvalue weighted by Gasteiger charge is -2.14. The summed E-state index contributed by atoms with van der Waals surface area (Å²) < 4.78 is 13.3. The quantitative estimate of drug-likeness (QED) is 0.620. The summed E-state index contributed by atoms with van der Waals surface area (Å²) >= 11 is 5.48. The van der Waals surface area contributed by atoms with Crippen LogP contribution in [0.15, 0.2) is 12.1 Å². The Labute approximate surface area is 113 Å². The van der Waals surface area contributed by atoms with Crippen LogP contribution in [0.1, 0.15) is 19.8 Å². The number of nitrogens with one attached hydrogen (secondary N) is 1. The normalized spacial score (nSPS) is 11.9. The van der Waals surface area contributed by atoms with E-state index in [1.165, 1.54) is 0 Å². The Balaban J connectivity index is 2.90. The Morgan fingerprint density at radius 2 is 2.26 bits per heavy atom. The van der Waals surface area contributed by atoms with Crippen molar-refractivity contribution in [2.24, 2.45) is 0 Å². The predicted molar refractivity (Wildman–Crippen MR) is 68.0 cm³/mol. The summed E-state index contributed by atoms with van der Waals surface area (Å²) in [6.45, 7) is 1.65. The van der Waals surface area contributed by atoms with Crippen molar-refractivity contribution in [3.63, 3.8) is 0 Å². The molecule has 0 bridgehead atoms. The fourth-order valence-corrected chi connectivity index (χ4v) is 1.64. The Bertz CT molecular complexity index is 510. The van der Waals surface area contributed by atoms with E-state index in [1.54, 1.807) is 6.92 Å². The van der Waals surface area contributed by atoms with Crippen molar-refractivity contribution in [3.05, 3.63) is 33.1 Å². The number of carbonyl (C=O) groups is 1. The Morgan fingerprint density at radius 3 is 2.79 bits per heavy atom. The number of hydrogen-bond donors (Lipinski definition) is 2. The van der Waals surface area contributed by atoms with E-state index >= 15 is 0 Å². The zero-order valence-corrected chi connectivity index (χ0v) is 10.8. The summed E-state index contributed by atoms with van der Waals surface area (Å²) in [5.74, 6) is -1.74. The molecule has 2 N–H and O–H groups in total. The number of rotatable bonds is 6. The van der Waals surface area contributed by atoms with Gasteiger partial charge in [0.15, 0.2) is 0 Å². The van der Waals surface area contributed by atoms with Gasteiger partial charge >= 0.3 is 5.97 Å². The molecular weight excluding hydrogens is 279 g/mol. The highest BCUT2D eigenvalue weighted by atomic mass is 35.5. The van der Waals surface area contributed by atoms with Gasteiger partial charge < -0.3 is 10.4 Å². The Kier molecular flexibility index (Phi) is 5.05. The van der Waals surface area contributed by atoms with Gasteiger partial charge in [0.1, 0.15) is 11.5 Å². The Hall–Kier alpha value is -1.89. The minimum Gasteiger partial charge on any atom is -0.481 e. The zero-order valence-electron chi connectivity index (χ0n) is 10.0. The number of nitrogens with zero attached hydrogens (tertiary/aromatic N) is 1. The van der Waals surface area contributed by atoms with Crippen LogP contribution in [0.25, 0.3) is 0 Å². The molecule has 0 heterocycles. The van der Waals surface area contributed by atoms with Crippen molar-refractivity contribution in [2.45, 2.75) is 25.8 Å². The molecule has 0 aromatic heterocycles. The number of nitro groups is 1. The minimum absolute atomic E-state index is 0.0233. The standard InChI is InChI=1S/C11H12ClFN2O4/c1-6(2-3-11(16)17)14-9-5-8(13)7(12)4-10(9)15(18)19/h4-6,14H,2-3H2,1H3,(H,16,17). The number of aliphatic carboxylic acids is 1. The van der Waals surface area contributed by atoms with Gasteiger partial charge in [-0.2, -0.15) is 0 Å². The number of benzene rings is 1. The predicted octanol–water partition coefficient (Wildman–Crippen LogP) is 3.05. The summed E-state index contributed by atoms with van der Waals surface area (Å²) in [4.78, 5) is 20.6. The second kappa shape index (κ2) is 6.33. The topological polar surface area (TPSA) is 92.5 Å². The number of carboxylic acid groups (broad SMARTS) is 1. The molecule has 104 valence electrons. The first-order valence-electron chi connectivity index (χ1n) is 5.43. The lowest BCUT2D eigenvalue weighted by molar-refractivity contribution is -0.384. The van der Waals surface area contributed by atoms with Gasteiger partial charge in [-0.25, -0.2) is 4.39 Å². The van der Waals surface area contributed by atoms with E-state index < -0.39 is 16.7 Å². The third kappa shape index (κ3) is 4.36. The van der Waals surface area contributed by atoms with Crippen LogP contribution in [0.2, 0.25) is 5.02 Å². The van der Waals surface area contributed by atoms with Crippen molar-refractivity contribution in [2.75, 3.05) is 5.32 Å². The van der Waals surface area contributed by atoms with Crippen molar-refractivity contribution < 1.29 is 19.2 Å². The molecule has 0 amide bonds. The van der Waals surface area contributed by atoms with E-state index in [0.717, 1.165) is 12.1 Å². The fraction of sp³-hybridized carbons (Fsp3) is 0.364. The van der Waals surface area contributed by atoms with Gasteiger partial charge in [-0.3, -0.25) is 14.9 Å². The molecule has 0 aliphatic heterocycles. The maximum absolute atomic E-state index is 13.3. The number of hydrogen-bond acceptors (Lipinski definition) is 4. The van der Waals surface area contributed by atoms with E-state index in [0.29, 0.717) is 0 Å². The summed E-state index contributed by atoms with van der Waals surface area (Å²) in [5.41, 5.74) is -0.377. The molecule has 6 nitrogen and oxygen atoms in total. The van der Waals surface area contributed by atoms with Crippen LogP contribution >= 0.6 is 11.6 Å². The molecule has 0 radical (unpaired) electrons. The van der Waals surface area contributed by atoms with Gasteiger partial charge in [0.2, 0.25) is 0 Å². The molecule has 1 aromatic carbocycles. The molecule has 0 saturated carbocycles. The molecule has 0 spiro atoms. The number of halogens is 2. The maximum atomic E-state index is 13.3. The summed E-state index contributed by atoms with van der Waals surface area (Å²) in [5, 5.41) is 21.7. The van der Waals surface area contributed by atoms with Crippen molar-refractivity contribution in [3.8, 4) is 0 Å². The van der Waals surface area contributed by atoms with E-state index in [-0.39, 0.29) is 35.3 Å². The maximum Gasteiger partial charge on any atom is 0.303 e. The molecular formula is C11H12ClFN2O4. The molecule has 0 aliphatic carbocycles. The second-order valence-corrected chi connectivity index (χ2v) is 4.43. The van der Waals surface area contributed by atoms with Crippen LogP contribution in [0.3, 0.4) is 0 Å². The molecule has 8 heteroatoms. The summed E-state index contributed by atoms with van der Waals surface area (Å²) in [6, 6.07) is 1.50. The number of anilines is 1. The van der Waals surface area contributed by atoms with E-state index in [9.17, 15) is 19.3 Å². The minimum atomic E-state index is -0.967. The van der Waals surface area contributed by atoms with Crippen LogP contribution in [0, 0.1) is 15.9 Å². The fourth-order valence-electron chi connectivity index (χ4n) is 1.48. The van der Waals surface area contributed by atoms with Gasteiger partial charge in [-0.05, 0) is 13.3 Å². The van der Waals surface area contributed by atoms with Crippen LogP contribution < -0.4 is 5.32 Å². The highest BCUT2D eigenvalue weighted by Crippen LogP contribution is 2.31. The van der Waals surface area contributed by atoms with Gasteiger partial charge in [0.25, 0.3) is 5.69 Å². The number of carboxylic acids is 1. The van der Waals surface area contributed by atoms with Crippen LogP contribution in [0.5, 0.6) is 0 Å². The van der Waals surface area contributed by atoms with Gasteiger partial charge in [-0.1, -0.05) is 11.6 Å². The van der Waals surface area contributed by atoms with E-state index in [1.807, 2.05) is 0 Å². The monoisotopic (exact) mass is 290 g/mol. The highest BCUT2D eigenvalue weighted by molar-refractivity contribution is 6.31. The van der Waals surface area contributed by atoms with Gasteiger partial charge in [0, 0.05) is 24.6 Å². The van der Waals surface area contributed by atoms with E-state index in [2.05, 4.69) is 5.32 Å². The second-order valence-electron chi connectivity index (χ2n) is 4.02. The first kappa shape index (κ1) is 15.2. The van der Waals surface area contributed by atoms with Crippen LogP contribution in [-0.4, -0.2) is 22.0 Å². The average molecular weight is 291 g/mol. The van der Waals surface area contributed by atoms with Crippen molar-refractivity contribution >= 4 is 28.9 Å². The third-order valence-corrected chi connectivity index (χ3v) is 2.72. The molecule has 1 unspecified atom stereocenters. The molecule has 1 aromatic rings. The lowest BCUT2D eigenvalue weighted by Crippen LogP contribution is -2.17. The molecule has 0 aliphatic rings. The molecule has 1 rings (SSSR count). The molecule has 1 atom stereocenters. The highest BCUT2D eigenvalue weighted by Gasteiger charge is 2.19. The molecule has 19 heavy (non-hydrogen) atoms. The summed E-state index contributed by atoms with van der Waals surface area (Å²) in [6.07, 6.45) is 0.175. The lowest BCUT2D eigenvalue weighted by atomic mass is 10.1.